The number of ether oxygens (including phenoxy) is 1. The highest BCUT2D eigenvalue weighted by atomic mass is 16.5. The highest BCUT2D eigenvalue weighted by Gasteiger charge is 2.24. The first-order valence-electron chi connectivity index (χ1n) is 7.90. The number of rotatable bonds is 6. The molecule has 0 unspecified atom stereocenters. The Morgan fingerprint density at radius 1 is 1.38 bits per heavy atom. The van der Waals surface area contributed by atoms with Gasteiger partial charge >= 0.3 is 0 Å². The third-order valence-electron chi connectivity index (χ3n) is 3.89. The molecule has 1 aromatic carbocycles. The zero-order chi connectivity index (χ0) is 15.1. The predicted octanol–water partition coefficient (Wildman–Crippen LogP) is 2.36. The molecule has 0 atom stereocenters. The third kappa shape index (κ3) is 4.74. The van der Waals surface area contributed by atoms with Crippen molar-refractivity contribution in [2.75, 3.05) is 26.2 Å². The van der Waals surface area contributed by atoms with Gasteiger partial charge in [-0.1, -0.05) is 19.1 Å². The Balaban J connectivity index is 1.91. The van der Waals surface area contributed by atoms with Crippen LogP contribution >= 0.6 is 0 Å². The van der Waals surface area contributed by atoms with E-state index in [0.717, 1.165) is 50.2 Å². The second-order valence-electron chi connectivity index (χ2n) is 5.67. The highest BCUT2D eigenvalue weighted by Crippen LogP contribution is 2.15. The first kappa shape index (κ1) is 15.8. The fourth-order valence-corrected chi connectivity index (χ4v) is 2.80. The molecule has 21 heavy (non-hydrogen) atoms. The lowest BCUT2D eigenvalue weighted by Crippen LogP contribution is -2.48. The van der Waals surface area contributed by atoms with Crippen LogP contribution in [-0.4, -0.2) is 43.1 Å². The fourth-order valence-electron chi connectivity index (χ4n) is 2.80. The topological polar surface area (TPSA) is 41.6 Å². The Kier molecular flexibility index (Phi) is 6.05. The number of nitrogens with one attached hydrogen (secondary N) is 1. The van der Waals surface area contributed by atoms with E-state index in [1.165, 1.54) is 0 Å². The number of piperidine rings is 1. The van der Waals surface area contributed by atoms with Gasteiger partial charge in [0.05, 0.1) is 0 Å². The monoisotopic (exact) mass is 290 g/mol. The van der Waals surface area contributed by atoms with Crippen molar-refractivity contribution in [3.05, 3.63) is 29.8 Å². The van der Waals surface area contributed by atoms with E-state index in [1.807, 2.05) is 36.1 Å². The molecule has 0 aromatic heterocycles. The standard InChI is InChI=1S/C17H26N2O2/c1-3-11-19(15-7-9-18-10-8-15)17(20)13-21-16-6-4-5-14(2)12-16/h4-6,12,15,18H,3,7-11,13H2,1-2H3. The molecule has 1 amide bonds. The number of hydrogen-bond donors (Lipinski definition) is 1. The van der Waals surface area contributed by atoms with Crippen molar-refractivity contribution in [3.8, 4) is 5.75 Å². The van der Waals surface area contributed by atoms with Gasteiger partial charge in [0.15, 0.2) is 6.61 Å². The molecule has 1 N–H and O–H groups in total. The third-order valence-corrected chi connectivity index (χ3v) is 3.89. The Bertz CT molecular complexity index is 456. The fraction of sp³-hybridized carbons (Fsp3) is 0.588. The number of carbonyl (C=O) groups is 1. The zero-order valence-electron chi connectivity index (χ0n) is 13.1. The van der Waals surface area contributed by atoms with Crippen molar-refractivity contribution in [2.24, 2.45) is 0 Å². The Morgan fingerprint density at radius 2 is 2.14 bits per heavy atom. The summed E-state index contributed by atoms with van der Waals surface area (Å²) in [5.41, 5.74) is 1.14. The smallest absolute Gasteiger partial charge is 0.260 e. The van der Waals surface area contributed by atoms with Crippen LogP contribution < -0.4 is 10.1 Å². The number of amides is 1. The lowest BCUT2D eigenvalue weighted by atomic mass is 10.0. The van der Waals surface area contributed by atoms with Gasteiger partial charge in [-0.25, -0.2) is 0 Å². The molecular weight excluding hydrogens is 264 g/mol. The maximum absolute atomic E-state index is 12.5. The van der Waals surface area contributed by atoms with Crippen LogP contribution in [0.4, 0.5) is 0 Å². The summed E-state index contributed by atoms with van der Waals surface area (Å²) in [4.78, 5) is 14.5. The van der Waals surface area contributed by atoms with Gasteiger partial charge in [0.25, 0.3) is 5.91 Å². The van der Waals surface area contributed by atoms with E-state index in [9.17, 15) is 4.79 Å². The van der Waals surface area contributed by atoms with Crippen LogP contribution in [0.1, 0.15) is 31.7 Å². The molecule has 0 radical (unpaired) electrons. The molecule has 1 aliphatic heterocycles. The van der Waals surface area contributed by atoms with Gasteiger partial charge in [0.2, 0.25) is 0 Å². The summed E-state index contributed by atoms with van der Waals surface area (Å²) in [7, 11) is 0. The first-order valence-corrected chi connectivity index (χ1v) is 7.90. The van der Waals surface area contributed by atoms with E-state index in [-0.39, 0.29) is 12.5 Å². The maximum atomic E-state index is 12.5. The zero-order valence-corrected chi connectivity index (χ0v) is 13.1. The van der Waals surface area contributed by atoms with Crippen LogP contribution in [0.5, 0.6) is 5.75 Å². The van der Waals surface area contributed by atoms with E-state index in [0.29, 0.717) is 6.04 Å². The number of nitrogens with zero attached hydrogens (tertiary/aromatic N) is 1. The minimum atomic E-state index is 0.102. The second-order valence-corrected chi connectivity index (χ2v) is 5.67. The van der Waals surface area contributed by atoms with Crippen molar-refractivity contribution in [1.82, 2.24) is 10.2 Å². The van der Waals surface area contributed by atoms with Crippen LogP contribution in [0.15, 0.2) is 24.3 Å². The van der Waals surface area contributed by atoms with Crippen LogP contribution in [0.3, 0.4) is 0 Å². The summed E-state index contributed by atoms with van der Waals surface area (Å²) >= 11 is 0. The summed E-state index contributed by atoms with van der Waals surface area (Å²) in [5, 5.41) is 3.35. The Hall–Kier alpha value is -1.55. The number of hydrogen-bond acceptors (Lipinski definition) is 3. The Labute approximate surface area is 127 Å². The van der Waals surface area contributed by atoms with Crippen molar-refractivity contribution in [1.29, 1.82) is 0 Å². The second kappa shape index (κ2) is 8.03. The SMILES string of the molecule is CCCN(C(=O)COc1cccc(C)c1)C1CCNCC1. The molecule has 0 aliphatic carbocycles. The molecule has 4 nitrogen and oxygen atoms in total. The molecule has 0 spiro atoms. The van der Waals surface area contributed by atoms with Crippen LogP contribution in [0.25, 0.3) is 0 Å². The molecule has 1 aliphatic rings. The van der Waals surface area contributed by atoms with Gasteiger partial charge in [-0.2, -0.15) is 0 Å². The maximum Gasteiger partial charge on any atom is 0.260 e. The van der Waals surface area contributed by atoms with Crippen molar-refractivity contribution >= 4 is 5.91 Å². The van der Waals surface area contributed by atoms with Gasteiger partial charge < -0.3 is 15.0 Å². The van der Waals surface area contributed by atoms with E-state index in [1.54, 1.807) is 0 Å². The molecule has 2 rings (SSSR count). The van der Waals surface area contributed by atoms with E-state index in [2.05, 4.69) is 12.2 Å². The van der Waals surface area contributed by atoms with Crippen molar-refractivity contribution in [2.45, 2.75) is 39.2 Å². The van der Waals surface area contributed by atoms with Crippen LogP contribution in [0, 0.1) is 6.92 Å². The number of benzene rings is 1. The number of carbonyl (C=O) groups excluding carboxylic acids is 1. The van der Waals surface area contributed by atoms with Gasteiger partial charge in [-0.05, 0) is 57.0 Å². The summed E-state index contributed by atoms with van der Waals surface area (Å²) in [6.07, 6.45) is 3.06. The van der Waals surface area contributed by atoms with Gasteiger partial charge in [0, 0.05) is 12.6 Å². The summed E-state index contributed by atoms with van der Waals surface area (Å²) in [5.74, 6) is 0.871. The van der Waals surface area contributed by atoms with Gasteiger partial charge in [0.1, 0.15) is 5.75 Å². The molecule has 1 fully saturated rings. The molecule has 116 valence electrons. The van der Waals surface area contributed by atoms with Crippen LogP contribution in [-0.2, 0) is 4.79 Å². The molecule has 1 saturated heterocycles. The summed E-state index contributed by atoms with van der Waals surface area (Å²) in [6, 6.07) is 8.19. The van der Waals surface area contributed by atoms with E-state index in [4.69, 9.17) is 4.74 Å². The quantitative estimate of drug-likeness (QED) is 0.874. The predicted molar refractivity (Wildman–Crippen MR) is 84.6 cm³/mol. The normalized spacial score (nSPS) is 15.7. The Morgan fingerprint density at radius 3 is 2.81 bits per heavy atom. The van der Waals surface area contributed by atoms with Crippen molar-refractivity contribution in [3.63, 3.8) is 0 Å². The molecular formula is C17H26N2O2. The van der Waals surface area contributed by atoms with Crippen molar-refractivity contribution < 1.29 is 9.53 Å². The molecule has 0 saturated carbocycles. The lowest BCUT2D eigenvalue weighted by molar-refractivity contribution is -0.136. The largest absolute Gasteiger partial charge is 0.484 e. The molecule has 1 aromatic rings. The number of aryl methyl sites for hydroxylation is 1. The van der Waals surface area contributed by atoms with Gasteiger partial charge in [-0.15, -0.1) is 0 Å². The minimum absolute atomic E-state index is 0.102. The molecule has 4 heteroatoms. The molecule has 0 bridgehead atoms. The molecule has 1 heterocycles. The highest BCUT2D eigenvalue weighted by molar-refractivity contribution is 5.78. The lowest BCUT2D eigenvalue weighted by Gasteiger charge is -2.34. The summed E-state index contributed by atoms with van der Waals surface area (Å²) < 4.78 is 5.66. The van der Waals surface area contributed by atoms with E-state index >= 15 is 0 Å². The summed E-state index contributed by atoms with van der Waals surface area (Å²) in [6.45, 7) is 7.08. The average molecular weight is 290 g/mol. The van der Waals surface area contributed by atoms with E-state index < -0.39 is 0 Å². The average Bonchev–Trinajstić information content (AvgIpc) is 2.51. The minimum Gasteiger partial charge on any atom is -0.484 e. The van der Waals surface area contributed by atoms with Crippen LogP contribution in [0.2, 0.25) is 0 Å². The first-order chi connectivity index (χ1) is 10.2. The van der Waals surface area contributed by atoms with Gasteiger partial charge in [-0.3, -0.25) is 4.79 Å².